The number of fused-ring (bicyclic) bond motifs is 4. The fourth-order valence-corrected chi connectivity index (χ4v) is 12.0. The van der Waals surface area contributed by atoms with Crippen molar-refractivity contribution in [3.8, 4) is 17.6 Å². The second-order valence-corrected chi connectivity index (χ2v) is 20.0. The number of ether oxygens (including phenoxy) is 3. The third kappa shape index (κ3) is 9.31. The van der Waals surface area contributed by atoms with Gasteiger partial charge in [-0.3, -0.25) is 19.3 Å². The molecule has 0 aliphatic carbocycles. The maximum Gasteiger partial charge on any atom is 0.329 e. The van der Waals surface area contributed by atoms with Gasteiger partial charge in [0.05, 0.1) is 55.1 Å². The average molecular weight is 1050 g/mol. The number of imide groups is 1. The van der Waals surface area contributed by atoms with Crippen molar-refractivity contribution >= 4 is 51.9 Å². The van der Waals surface area contributed by atoms with Crippen LogP contribution in [-0.2, 0) is 35.8 Å². The maximum absolute atomic E-state index is 17.0. The monoisotopic (exact) mass is 1050 g/mol. The molecule has 8 aromatic rings. The van der Waals surface area contributed by atoms with E-state index >= 15 is 19.2 Å². The van der Waals surface area contributed by atoms with E-state index in [1.165, 1.54) is 0 Å². The largest absolute Gasteiger partial charge is 0.491 e. The lowest BCUT2D eigenvalue weighted by Gasteiger charge is -2.46. The molecular weight excluding hydrogens is 997 g/mol. The summed E-state index contributed by atoms with van der Waals surface area (Å²) in [6.45, 7) is 4.42. The van der Waals surface area contributed by atoms with Gasteiger partial charge in [0.15, 0.2) is 0 Å². The maximum atomic E-state index is 17.0. The molecule has 4 aliphatic heterocycles. The topological polar surface area (TPSA) is 181 Å². The number of benzene rings is 7. The van der Waals surface area contributed by atoms with E-state index in [0.717, 1.165) is 32.7 Å². The minimum Gasteiger partial charge on any atom is -0.491 e. The first-order valence-electron chi connectivity index (χ1n) is 26.5. The Bertz CT molecular complexity index is 3600. The summed E-state index contributed by atoms with van der Waals surface area (Å²) in [4.78, 5) is 69.6. The van der Waals surface area contributed by atoms with Crippen molar-refractivity contribution in [3.63, 3.8) is 0 Å². The molecule has 16 heteroatoms. The van der Waals surface area contributed by atoms with E-state index in [2.05, 4.69) is 37.7 Å². The van der Waals surface area contributed by atoms with Crippen molar-refractivity contribution in [1.82, 2.24) is 25.2 Å². The molecule has 0 unspecified atom stereocenters. The zero-order valence-corrected chi connectivity index (χ0v) is 43.2. The number of anilines is 3. The van der Waals surface area contributed by atoms with Crippen molar-refractivity contribution in [2.24, 2.45) is 5.92 Å². The zero-order chi connectivity index (χ0) is 54.0. The van der Waals surface area contributed by atoms with Crippen LogP contribution in [0.1, 0.15) is 64.5 Å². The molecule has 3 N–H and O–H groups in total. The molecule has 79 heavy (non-hydrogen) atoms. The number of para-hydroxylation sites is 1. The Hall–Kier alpha value is -9.14. The summed E-state index contributed by atoms with van der Waals surface area (Å²) in [5.41, 5.74) is 4.67. The Labute approximate surface area is 456 Å². The van der Waals surface area contributed by atoms with E-state index in [9.17, 15) is 5.11 Å². The Morgan fingerprint density at radius 2 is 1.47 bits per heavy atom. The van der Waals surface area contributed by atoms with Gasteiger partial charge in [0.25, 0.3) is 0 Å². The van der Waals surface area contributed by atoms with E-state index in [-0.39, 0.29) is 25.4 Å². The number of nitrogens with zero attached hydrogens (tertiary/aromatic N) is 6. The summed E-state index contributed by atoms with van der Waals surface area (Å²) >= 11 is 0. The second kappa shape index (κ2) is 21.7. The summed E-state index contributed by atoms with van der Waals surface area (Å²) in [5.74, 6) is 3.36. The van der Waals surface area contributed by atoms with Crippen LogP contribution in [0.5, 0.6) is 5.75 Å². The molecule has 396 valence electrons. The minimum absolute atomic E-state index is 0.0333. The van der Waals surface area contributed by atoms with Crippen LogP contribution in [0.3, 0.4) is 0 Å². The molecule has 5 heterocycles. The van der Waals surface area contributed by atoms with Gasteiger partial charge in [-0.05, 0) is 101 Å². The summed E-state index contributed by atoms with van der Waals surface area (Å²) in [7, 11) is 0. The highest BCUT2D eigenvalue weighted by molar-refractivity contribution is 6.25. The molecule has 4 amide bonds. The molecule has 4 aliphatic rings. The molecule has 7 atom stereocenters. The van der Waals surface area contributed by atoms with Gasteiger partial charge >= 0.3 is 12.0 Å². The minimum atomic E-state index is -2.06. The van der Waals surface area contributed by atoms with Crippen LogP contribution in [0.25, 0.3) is 11.0 Å². The zero-order valence-electron chi connectivity index (χ0n) is 43.2. The first kappa shape index (κ1) is 50.7. The predicted molar refractivity (Wildman–Crippen MR) is 297 cm³/mol. The third-order valence-electron chi connectivity index (χ3n) is 15.5. The van der Waals surface area contributed by atoms with E-state index in [1.807, 2.05) is 163 Å². The lowest BCUT2D eigenvalue weighted by atomic mass is 9.65. The van der Waals surface area contributed by atoms with Crippen molar-refractivity contribution in [3.05, 3.63) is 215 Å². The molecule has 12 rings (SSSR count). The Kier molecular flexibility index (Phi) is 13.9. The van der Waals surface area contributed by atoms with E-state index in [0.29, 0.717) is 60.0 Å². The van der Waals surface area contributed by atoms with Gasteiger partial charge in [-0.15, -0.1) is 5.10 Å². The standard InChI is InChI=1S/C63H56N8O8/c1-41(43-15-5-2-6-16-43)64-62(76)70-52-32-23-42(14-13-33-69-53-22-12-11-21-51(53)66-67-69)40-50(52)63(61(70)75)54(59(73)65-47-26-28-48(29-27-47)68-34-37-77-38-35-68)56-60(74)79-57(45-19-9-4-10-20-45)55(44-17-7-3-8-18-44)71(56)58(63)46-24-30-49(31-25-46)78-39-36-72/h2-12,15-32,40-41,54-58,72H,33-39H2,1H3,(H,64,76)(H,65,73)/t41-,54-,55-,56-,57+,58+,63-/m1/s1. The summed E-state index contributed by atoms with van der Waals surface area (Å²) in [5, 5.41) is 24.6. The average Bonchev–Trinajstić information content (AvgIpc) is 2.78. The summed E-state index contributed by atoms with van der Waals surface area (Å²) < 4.78 is 19.9. The van der Waals surface area contributed by atoms with Crippen molar-refractivity contribution < 1.29 is 38.5 Å². The van der Waals surface area contributed by atoms with Gasteiger partial charge in [0.2, 0.25) is 11.8 Å². The number of carbonyl (C=O) groups is 4. The number of urea groups is 1. The molecule has 7 aromatic carbocycles. The van der Waals surface area contributed by atoms with Gasteiger partial charge in [-0.2, -0.15) is 0 Å². The Morgan fingerprint density at radius 1 is 0.785 bits per heavy atom. The smallest absolute Gasteiger partial charge is 0.329 e. The first-order chi connectivity index (χ1) is 38.7. The van der Waals surface area contributed by atoms with Crippen LogP contribution < -0.4 is 25.2 Å². The van der Waals surface area contributed by atoms with E-state index in [1.54, 1.807) is 35.0 Å². The van der Waals surface area contributed by atoms with Crippen LogP contribution in [0, 0.1) is 17.8 Å². The number of aliphatic hydroxyl groups excluding tert-OH is 1. The number of hydrogen-bond acceptors (Lipinski definition) is 12. The van der Waals surface area contributed by atoms with Crippen molar-refractivity contribution in [1.29, 1.82) is 0 Å². The van der Waals surface area contributed by atoms with Gasteiger partial charge in [0.1, 0.15) is 42.0 Å². The number of amides is 4. The quantitative estimate of drug-likeness (QED) is 0.0786. The van der Waals surface area contributed by atoms with Gasteiger partial charge < -0.3 is 34.9 Å². The number of morpholine rings is 2. The van der Waals surface area contributed by atoms with Gasteiger partial charge in [-0.1, -0.05) is 132 Å². The van der Waals surface area contributed by atoms with Crippen molar-refractivity contribution in [2.75, 3.05) is 54.6 Å². The number of hydrogen-bond donors (Lipinski definition) is 3. The highest BCUT2D eigenvalue weighted by atomic mass is 16.6. The lowest BCUT2D eigenvalue weighted by Crippen LogP contribution is -2.55. The van der Waals surface area contributed by atoms with Crippen molar-refractivity contribution in [2.45, 2.75) is 49.2 Å². The number of aliphatic hydroxyl groups is 1. The molecular formula is C63H56N8O8. The summed E-state index contributed by atoms with van der Waals surface area (Å²) in [6, 6.07) is 51.2. The van der Waals surface area contributed by atoms with Crippen LogP contribution >= 0.6 is 0 Å². The molecule has 0 bridgehead atoms. The Morgan fingerprint density at radius 3 is 2.19 bits per heavy atom. The molecule has 3 saturated heterocycles. The molecule has 16 nitrogen and oxygen atoms in total. The SMILES string of the molecule is C[C@@H](NC(=O)N1C(=O)[C@@]2(c3cc(C#CCn4nnc5ccccc54)ccc31)[C@H](c1ccc(OCCO)cc1)N1[C@H](c3ccccc3)[C@H](c3ccccc3)OC(=O)[C@H]1[C@@H]2C(=O)Nc1ccc(N2CCOCC2)cc1)c1ccccc1. The number of nitrogens with one attached hydrogen (secondary N) is 2. The third-order valence-corrected chi connectivity index (χ3v) is 15.5. The lowest BCUT2D eigenvalue weighted by molar-refractivity contribution is -0.177. The number of rotatable bonds is 12. The summed E-state index contributed by atoms with van der Waals surface area (Å²) in [6.07, 6.45) is -0.930. The van der Waals surface area contributed by atoms with Gasteiger partial charge in [-0.25, -0.2) is 14.4 Å². The molecule has 0 saturated carbocycles. The molecule has 1 aromatic heterocycles. The van der Waals surface area contributed by atoms with Gasteiger partial charge in [0, 0.05) is 30.0 Å². The van der Waals surface area contributed by atoms with Crippen LogP contribution in [-0.4, -0.2) is 94.4 Å². The van der Waals surface area contributed by atoms with Crippen LogP contribution in [0.15, 0.2) is 182 Å². The fraction of sp³-hybridized carbons (Fsp3) is 0.238. The predicted octanol–water partition coefficient (Wildman–Crippen LogP) is 8.47. The number of esters is 1. The fourth-order valence-electron chi connectivity index (χ4n) is 12.0. The molecule has 1 spiro atoms. The number of aromatic nitrogens is 3. The Balaban J connectivity index is 1.09. The number of carbonyl (C=O) groups excluding carboxylic acids is 4. The second-order valence-electron chi connectivity index (χ2n) is 20.0. The van der Waals surface area contributed by atoms with E-state index in [4.69, 9.17) is 14.2 Å². The highest BCUT2D eigenvalue weighted by Crippen LogP contribution is 2.66. The normalized spacial score (nSPS) is 21.9. The van der Waals surface area contributed by atoms with Crippen LogP contribution in [0.4, 0.5) is 21.9 Å². The highest BCUT2D eigenvalue weighted by Gasteiger charge is 2.75. The first-order valence-corrected chi connectivity index (χ1v) is 26.5. The van der Waals surface area contributed by atoms with Crippen LogP contribution in [0.2, 0.25) is 0 Å². The number of cyclic esters (lactones) is 1. The molecule has 0 radical (unpaired) electrons. The molecule has 3 fully saturated rings. The van der Waals surface area contributed by atoms with E-state index < -0.39 is 65.4 Å².